The van der Waals surface area contributed by atoms with Gasteiger partial charge in [0.2, 0.25) is 5.95 Å². The molecule has 1 aliphatic rings. The first-order chi connectivity index (χ1) is 15.0. The fourth-order valence-corrected chi connectivity index (χ4v) is 3.86. The van der Waals surface area contributed by atoms with Crippen LogP contribution < -0.4 is 16.8 Å². The van der Waals surface area contributed by atoms with Crippen LogP contribution in [0.3, 0.4) is 0 Å². The van der Waals surface area contributed by atoms with Crippen LogP contribution in [0.5, 0.6) is 0 Å². The summed E-state index contributed by atoms with van der Waals surface area (Å²) in [6, 6.07) is 8.32. The Labute approximate surface area is 178 Å². The number of nitrogens with one attached hydrogen (secondary N) is 1. The van der Waals surface area contributed by atoms with Crippen molar-refractivity contribution in [3.05, 3.63) is 41.9 Å². The summed E-state index contributed by atoms with van der Waals surface area (Å²) in [5, 5.41) is 17.3. The molecule has 4 aromatic heterocycles. The smallest absolute Gasteiger partial charge is 0.224 e. The molecule has 1 atom stereocenters. The van der Waals surface area contributed by atoms with E-state index in [1.165, 1.54) is 0 Å². The van der Waals surface area contributed by atoms with E-state index in [0.717, 1.165) is 40.8 Å². The SMILES string of the molecule is CC(Nc1nc(N)nc(N)c1C#N)c1nc2ccn(C)c2cc1-c1ccnn1C1CC1. The van der Waals surface area contributed by atoms with E-state index in [1.54, 1.807) is 0 Å². The lowest BCUT2D eigenvalue weighted by molar-refractivity contribution is 0.647. The molecule has 0 radical (unpaired) electrons. The fourth-order valence-electron chi connectivity index (χ4n) is 3.86. The Kier molecular flexibility index (Phi) is 4.25. The van der Waals surface area contributed by atoms with Gasteiger partial charge in [-0.3, -0.25) is 4.68 Å². The molecule has 5 N–H and O–H groups in total. The van der Waals surface area contributed by atoms with E-state index in [2.05, 4.69) is 31.1 Å². The molecule has 10 nitrogen and oxygen atoms in total. The highest BCUT2D eigenvalue weighted by Crippen LogP contribution is 2.40. The highest BCUT2D eigenvalue weighted by molar-refractivity contribution is 5.83. The molecule has 0 aliphatic heterocycles. The molecule has 0 spiro atoms. The van der Waals surface area contributed by atoms with Crippen molar-refractivity contribution in [2.45, 2.75) is 31.8 Å². The number of aryl methyl sites for hydroxylation is 1. The second kappa shape index (κ2) is 6.98. The minimum atomic E-state index is -0.289. The standard InChI is InChI=1S/C21H22N10/c1-11(26-20-14(10-22)19(23)28-21(24)29-20)18-13(9-17-15(27-18)6-8-30(17)2)16-5-7-25-31(16)12-3-4-12/h5-9,11-12H,3-4H2,1-2H3,(H5,23,24,26,28,29). The molecule has 1 unspecified atom stereocenters. The Balaban J connectivity index is 1.64. The van der Waals surface area contributed by atoms with Crippen molar-refractivity contribution in [2.75, 3.05) is 16.8 Å². The molecule has 31 heavy (non-hydrogen) atoms. The average Bonchev–Trinajstić information content (AvgIpc) is 3.35. The van der Waals surface area contributed by atoms with Crippen LogP contribution in [0.2, 0.25) is 0 Å². The first kappa shape index (κ1) is 18.9. The highest BCUT2D eigenvalue weighted by Gasteiger charge is 2.28. The summed E-state index contributed by atoms with van der Waals surface area (Å²) in [7, 11) is 2.00. The quantitative estimate of drug-likeness (QED) is 0.451. The molecule has 1 aliphatic carbocycles. The number of aromatic nitrogens is 6. The Morgan fingerprint density at radius 3 is 2.77 bits per heavy atom. The van der Waals surface area contributed by atoms with Crippen LogP contribution in [0.1, 0.15) is 43.1 Å². The second-order valence-electron chi connectivity index (χ2n) is 7.81. The summed E-state index contributed by atoms with van der Waals surface area (Å²) in [4.78, 5) is 13.0. The van der Waals surface area contributed by atoms with Gasteiger partial charge in [-0.25, -0.2) is 4.98 Å². The van der Waals surface area contributed by atoms with Crippen LogP contribution in [0.4, 0.5) is 17.6 Å². The van der Waals surface area contributed by atoms with Gasteiger partial charge in [-0.1, -0.05) is 0 Å². The second-order valence-corrected chi connectivity index (χ2v) is 7.81. The van der Waals surface area contributed by atoms with Crippen LogP contribution >= 0.6 is 0 Å². The van der Waals surface area contributed by atoms with Crippen LogP contribution in [-0.2, 0) is 7.05 Å². The predicted molar refractivity (Wildman–Crippen MR) is 118 cm³/mol. The number of hydrogen-bond acceptors (Lipinski definition) is 8. The first-order valence-electron chi connectivity index (χ1n) is 10.1. The van der Waals surface area contributed by atoms with Crippen molar-refractivity contribution >= 4 is 28.6 Å². The van der Waals surface area contributed by atoms with E-state index in [4.69, 9.17) is 16.5 Å². The Morgan fingerprint density at radius 1 is 1.23 bits per heavy atom. The van der Waals surface area contributed by atoms with E-state index >= 15 is 0 Å². The summed E-state index contributed by atoms with van der Waals surface area (Å²) in [6.07, 6.45) is 6.07. The van der Waals surface area contributed by atoms with Crippen molar-refractivity contribution in [3.63, 3.8) is 0 Å². The van der Waals surface area contributed by atoms with Crippen molar-refractivity contribution in [2.24, 2.45) is 7.05 Å². The number of anilines is 3. The third kappa shape index (κ3) is 3.20. The summed E-state index contributed by atoms with van der Waals surface area (Å²) < 4.78 is 4.12. The molecule has 4 heterocycles. The van der Waals surface area contributed by atoms with E-state index in [0.29, 0.717) is 6.04 Å². The Hall–Kier alpha value is -4.13. The number of pyridine rings is 1. The number of rotatable bonds is 5. The Morgan fingerprint density at radius 2 is 2.03 bits per heavy atom. The summed E-state index contributed by atoms with van der Waals surface area (Å²) >= 11 is 0. The number of nitrogens with two attached hydrogens (primary N) is 2. The van der Waals surface area contributed by atoms with Gasteiger partial charge in [-0.2, -0.15) is 20.3 Å². The zero-order chi connectivity index (χ0) is 21.7. The van der Waals surface area contributed by atoms with Crippen molar-refractivity contribution in [3.8, 4) is 17.3 Å². The van der Waals surface area contributed by atoms with Gasteiger partial charge >= 0.3 is 0 Å². The van der Waals surface area contributed by atoms with E-state index < -0.39 is 0 Å². The molecule has 5 rings (SSSR count). The average molecular weight is 414 g/mol. The number of hydrogen-bond donors (Lipinski definition) is 3. The number of nitrogen functional groups attached to an aromatic ring is 2. The van der Waals surface area contributed by atoms with E-state index in [-0.39, 0.29) is 29.2 Å². The van der Waals surface area contributed by atoms with Crippen LogP contribution in [0.15, 0.2) is 30.6 Å². The van der Waals surface area contributed by atoms with Gasteiger partial charge in [0.25, 0.3) is 0 Å². The maximum Gasteiger partial charge on any atom is 0.224 e. The van der Waals surface area contributed by atoms with Gasteiger partial charge in [-0.15, -0.1) is 0 Å². The summed E-state index contributed by atoms with van der Waals surface area (Å²) in [6.45, 7) is 1.97. The first-order valence-corrected chi connectivity index (χ1v) is 10.1. The molecular weight excluding hydrogens is 392 g/mol. The molecule has 10 heteroatoms. The lowest BCUT2D eigenvalue weighted by Crippen LogP contribution is -2.15. The zero-order valence-corrected chi connectivity index (χ0v) is 17.2. The van der Waals surface area contributed by atoms with Gasteiger partial charge in [0.1, 0.15) is 17.5 Å². The van der Waals surface area contributed by atoms with Crippen LogP contribution in [0, 0.1) is 11.3 Å². The van der Waals surface area contributed by atoms with Gasteiger partial charge in [0, 0.05) is 25.0 Å². The minimum Gasteiger partial charge on any atom is -0.382 e. The number of nitriles is 1. The normalized spacial score (nSPS) is 14.5. The monoisotopic (exact) mass is 414 g/mol. The topological polar surface area (TPSA) is 149 Å². The largest absolute Gasteiger partial charge is 0.382 e. The van der Waals surface area contributed by atoms with E-state index in [9.17, 15) is 5.26 Å². The van der Waals surface area contributed by atoms with Gasteiger partial charge < -0.3 is 21.4 Å². The third-order valence-electron chi connectivity index (χ3n) is 5.56. The lowest BCUT2D eigenvalue weighted by Gasteiger charge is -2.20. The molecule has 156 valence electrons. The van der Waals surface area contributed by atoms with Gasteiger partial charge in [-0.05, 0) is 38.0 Å². The van der Waals surface area contributed by atoms with Crippen LogP contribution in [-0.4, -0.2) is 29.3 Å². The number of nitrogens with zero attached hydrogens (tertiary/aromatic N) is 7. The minimum absolute atomic E-state index is 0.00436. The molecule has 0 amide bonds. The molecular formula is C21H22N10. The summed E-state index contributed by atoms with van der Waals surface area (Å²) in [5.41, 5.74) is 16.5. The van der Waals surface area contributed by atoms with Crippen molar-refractivity contribution in [1.29, 1.82) is 5.26 Å². The van der Waals surface area contributed by atoms with Crippen LogP contribution in [0.25, 0.3) is 22.3 Å². The Bertz CT molecular complexity index is 1340. The highest BCUT2D eigenvalue weighted by atomic mass is 15.3. The van der Waals surface area contributed by atoms with Crippen molar-refractivity contribution < 1.29 is 0 Å². The van der Waals surface area contributed by atoms with Crippen molar-refractivity contribution in [1.82, 2.24) is 29.3 Å². The van der Waals surface area contributed by atoms with Gasteiger partial charge in [0.15, 0.2) is 5.82 Å². The molecule has 4 aromatic rings. The third-order valence-corrected chi connectivity index (χ3v) is 5.56. The zero-order valence-electron chi connectivity index (χ0n) is 17.2. The molecule has 1 fully saturated rings. The summed E-state index contributed by atoms with van der Waals surface area (Å²) in [5.74, 6) is 0.338. The molecule has 1 saturated carbocycles. The molecule has 0 saturated heterocycles. The fraction of sp³-hybridized carbons (Fsp3) is 0.286. The molecule has 0 aromatic carbocycles. The number of fused-ring (bicyclic) bond motifs is 1. The van der Waals surface area contributed by atoms with E-state index in [1.807, 2.05) is 49.1 Å². The maximum atomic E-state index is 9.51. The predicted octanol–water partition coefficient (Wildman–Crippen LogP) is 2.77. The lowest BCUT2D eigenvalue weighted by atomic mass is 10.0. The molecule has 0 bridgehead atoms. The maximum absolute atomic E-state index is 9.51. The van der Waals surface area contributed by atoms with Gasteiger partial charge in [0.05, 0.1) is 34.5 Å².